The van der Waals surface area contributed by atoms with E-state index in [9.17, 15) is 18.8 Å². The van der Waals surface area contributed by atoms with Gasteiger partial charge in [0.15, 0.2) is 0 Å². The first-order chi connectivity index (χ1) is 15.3. The second-order valence-electron chi connectivity index (χ2n) is 7.32. The number of hydrogen-bond donors (Lipinski definition) is 1. The first-order valence-corrected chi connectivity index (χ1v) is 10.6. The Hall–Kier alpha value is -3.65. The molecule has 6 nitrogen and oxygen atoms in total. The van der Waals surface area contributed by atoms with Gasteiger partial charge in [-0.15, -0.1) is 0 Å². The molecule has 0 radical (unpaired) electrons. The Bertz CT molecular complexity index is 1250. The minimum atomic E-state index is -0.560. The maximum Gasteiger partial charge on any atom is 0.294 e. The van der Waals surface area contributed by atoms with Crippen molar-refractivity contribution in [3.63, 3.8) is 0 Å². The molecule has 4 rings (SSSR count). The van der Waals surface area contributed by atoms with Crippen LogP contribution in [0, 0.1) is 19.7 Å². The summed E-state index contributed by atoms with van der Waals surface area (Å²) in [6.45, 7) is 3.52. The number of aryl methyl sites for hydroxylation is 2. The van der Waals surface area contributed by atoms with Gasteiger partial charge in [-0.3, -0.25) is 19.3 Å². The first-order valence-electron chi connectivity index (χ1n) is 9.78. The summed E-state index contributed by atoms with van der Waals surface area (Å²) in [7, 11) is 0. The highest BCUT2D eigenvalue weighted by Crippen LogP contribution is 2.33. The molecule has 1 fully saturated rings. The third-order valence-electron chi connectivity index (χ3n) is 4.99. The van der Waals surface area contributed by atoms with Crippen molar-refractivity contribution in [2.24, 2.45) is 0 Å². The summed E-state index contributed by atoms with van der Waals surface area (Å²) >= 11 is 0.745. The van der Waals surface area contributed by atoms with Crippen LogP contribution in [0.15, 0.2) is 63.9 Å². The Labute approximate surface area is 188 Å². The van der Waals surface area contributed by atoms with Gasteiger partial charge in [0, 0.05) is 17.3 Å². The fraction of sp³-hybridized carbons (Fsp3) is 0.125. The van der Waals surface area contributed by atoms with Crippen LogP contribution in [-0.2, 0) is 9.59 Å². The average Bonchev–Trinajstić information content (AvgIpc) is 3.32. The standard InChI is InChI=1S/C24H19FN2O4S/c1-14-3-8-18(11-15(14)2)26-22(28)13-27-23(29)21(32-24(27)30)12-19-9-10-20(31-19)16-4-6-17(25)7-5-16/h3-12H,13H2,1-2H3,(H,26,28). The quantitative estimate of drug-likeness (QED) is 0.528. The van der Waals surface area contributed by atoms with Gasteiger partial charge in [-0.05, 0) is 85.3 Å². The SMILES string of the molecule is Cc1ccc(NC(=O)CN2C(=O)SC(=Cc3ccc(-c4ccc(F)cc4)o3)C2=O)cc1C. The molecule has 0 aliphatic carbocycles. The molecule has 2 heterocycles. The molecule has 1 aliphatic heterocycles. The second kappa shape index (κ2) is 8.84. The number of hydrogen-bond acceptors (Lipinski definition) is 5. The van der Waals surface area contributed by atoms with Crippen LogP contribution in [0.2, 0.25) is 0 Å². The molecule has 0 unspecified atom stereocenters. The van der Waals surface area contributed by atoms with Gasteiger partial charge in [-0.25, -0.2) is 4.39 Å². The summed E-state index contributed by atoms with van der Waals surface area (Å²) in [6.07, 6.45) is 1.46. The van der Waals surface area contributed by atoms with Crippen molar-refractivity contribution in [3.05, 3.63) is 82.2 Å². The number of anilines is 1. The highest BCUT2D eigenvalue weighted by atomic mass is 32.2. The third kappa shape index (κ3) is 4.65. The van der Waals surface area contributed by atoms with Crippen molar-refractivity contribution >= 4 is 40.6 Å². The number of benzene rings is 2. The van der Waals surface area contributed by atoms with Gasteiger partial charge in [0.25, 0.3) is 11.1 Å². The molecule has 32 heavy (non-hydrogen) atoms. The van der Waals surface area contributed by atoms with E-state index < -0.39 is 17.1 Å². The monoisotopic (exact) mass is 450 g/mol. The van der Waals surface area contributed by atoms with Crippen molar-refractivity contribution in [1.29, 1.82) is 0 Å². The van der Waals surface area contributed by atoms with Crippen LogP contribution < -0.4 is 5.32 Å². The van der Waals surface area contributed by atoms with Crippen molar-refractivity contribution in [2.75, 3.05) is 11.9 Å². The van der Waals surface area contributed by atoms with Crippen LogP contribution in [0.3, 0.4) is 0 Å². The van der Waals surface area contributed by atoms with Crippen molar-refractivity contribution in [1.82, 2.24) is 4.90 Å². The van der Waals surface area contributed by atoms with Crippen LogP contribution in [0.25, 0.3) is 17.4 Å². The number of amides is 3. The highest BCUT2D eigenvalue weighted by Gasteiger charge is 2.36. The van der Waals surface area contributed by atoms with E-state index >= 15 is 0 Å². The molecule has 162 valence electrons. The Morgan fingerprint density at radius 3 is 2.53 bits per heavy atom. The first kappa shape index (κ1) is 21.6. The predicted octanol–water partition coefficient (Wildman–Crippen LogP) is 5.38. The van der Waals surface area contributed by atoms with Crippen LogP contribution in [0.5, 0.6) is 0 Å². The van der Waals surface area contributed by atoms with E-state index in [0.717, 1.165) is 27.8 Å². The van der Waals surface area contributed by atoms with E-state index in [1.54, 1.807) is 30.3 Å². The number of carbonyl (C=O) groups is 3. The molecule has 0 saturated carbocycles. The van der Waals surface area contributed by atoms with E-state index in [2.05, 4.69) is 5.32 Å². The molecule has 0 bridgehead atoms. The molecule has 3 aromatic rings. The van der Waals surface area contributed by atoms with Crippen LogP contribution >= 0.6 is 11.8 Å². The van der Waals surface area contributed by atoms with E-state index in [-0.39, 0.29) is 17.3 Å². The number of nitrogens with one attached hydrogen (secondary N) is 1. The van der Waals surface area contributed by atoms with Crippen LogP contribution in [0.4, 0.5) is 14.9 Å². The second-order valence-corrected chi connectivity index (χ2v) is 8.32. The van der Waals surface area contributed by atoms with Gasteiger partial charge in [0.05, 0.1) is 4.91 Å². The summed E-state index contributed by atoms with van der Waals surface area (Å²) in [6, 6.07) is 14.6. The van der Waals surface area contributed by atoms with Gasteiger partial charge < -0.3 is 9.73 Å². The number of rotatable bonds is 5. The molecule has 1 N–H and O–H groups in total. The Morgan fingerprint density at radius 2 is 1.81 bits per heavy atom. The summed E-state index contributed by atoms with van der Waals surface area (Å²) < 4.78 is 18.8. The topological polar surface area (TPSA) is 79.6 Å². The zero-order valence-corrected chi connectivity index (χ0v) is 18.2. The summed E-state index contributed by atoms with van der Waals surface area (Å²) in [5.41, 5.74) is 3.40. The Balaban J connectivity index is 1.44. The van der Waals surface area contributed by atoms with Crippen molar-refractivity contribution in [3.8, 4) is 11.3 Å². The molecule has 1 saturated heterocycles. The number of nitrogens with zero attached hydrogens (tertiary/aromatic N) is 1. The zero-order valence-electron chi connectivity index (χ0n) is 17.3. The van der Waals surface area contributed by atoms with Crippen molar-refractivity contribution in [2.45, 2.75) is 13.8 Å². The average molecular weight is 450 g/mol. The van der Waals surface area contributed by atoms with Gasteiger partial charge in [0.1, 0.15) is 23.9 Å². The van der Waals surface area contributed by atoms with Gasteiger partial charge in [0.2, 0.25) is 5.91 Å². The lowest BCUT2D eigenvalue weighted by molar-refractivity contribution is -0.127. The maximum absolute atomic E-state index is 13.1. The number of thioether (sulfide) groups is 1. The lowest BCUT2D eigenvalue weighted by Crippen LogP contribution is -2.36. The molecule has 3 amide bonds. The van der Waals surface area contributed by atoms with E-state index in [1.165, 1.54) is 18.2 Å². The van der Waals surface area contributed by atoms with Crippen LogP contribution in [0.1, 0.15) is 16.9 Å². The third-order valence-corrected chi connectivity index (χ3v) is 5.90. The molecular formula is C24H19FN2O4S. The normalized spacial score (nSPS) is 15.0. The minimum absolute atomic E-state index is 0.161. The summed E-state index contributed by atoms with van der Waals surface area (Å²) in [5, 5.41) is 2.18. The molecule has 2 aromatic carbocycles. The fourth-order valence-electron chi connectivity index (χ4n) is 3.13. The summed E-state index contributed by atoms with van der Waals surface area (Å²) in [4.78, 5) is 38.4. The predicted molar refractivity (Wildman–Crippen MR) is 121 cm³/mol. The van der Waals surface area contributed by atoms with Gasteiger partial charge in [-0.1, -0.05) is 6.07 Å². The Kier molecular flexibility index (Phi) is 5.96. The lowest BCUT2D eigenvalue weighted by Gasteiger charge is -2.13. The number of halogens is 1. The molecule has 8 heteroatoms. The molecule has 0 atom stereocenters. The maximum atomic E-state index is 13.1. The molecule has 0 spiro atoms. The molecule has 1 aromatic heterocycles. The molecule has 1 aliphatic rings. The van der Waals surface area contributed by atoms with Crippen LogP contribution in [-0.4, -0.2) is 28.5 Å². The highest BCUT2D eigenvalue weighted by molar-refractivity contribution is 8.18. The zero-order chi connectivity index (χ0) is 22.8. The van der Waals surface area contributed by atoms with Crippen molar-refractivity contribution < 1.29 is 23.2 Å². The van der Waals surface area contributed by atoms with E-state index in [1.807, 2.05) is 26.0 Å². The smallest absolute Gasteiger partial charge is 0.294 e. The van der Waals surface area contributed by atoms with E-state index in [0.29, 0.717) is 22.8 Å². The Morgan fingerprint density at radius 1 is 1.06 bits per heavy atom. The fourth-order valence-corrected chi connectivity index (χ4v) is 3.95. The minimum Gasteiger partial charge on any atom is -0.457 e. The van der Waals surface area contributed by atoms with E-state index in [4.69, 9.17) is 4.42 Å². The van der Waals surface area contributed by atoms with Gasteiger partial charge >= 0.3 is 0 Å². The number of furan rings is 1. The van der Waals surface area contributed by atoms with Gasteiger partial charge in [-0.2, -0.15) is 0 Å². The lowest BCUT2D eigenvalue weighted by atomic mass is 10.1. The number of imide groups is 1. The summed E-state index contributed by atoms with van der Waals surface area (Å²) in [5.74, 6) is -0.503. The number of carbonyl (C=O) groups excluding carboxylic acids is 3. The molecular weight excluding hydrogens is 431 g/mol. The largest absolute Gasteiger partial charge is 0.457 e.